The number of hydrogen-bond acceptors (Lipinski definition) is 4. The fourth-order valence-corrected chi connectivity index (χ4v) is 3.10. The number of hydrogen-bond donors (Lipinski definition) is 2. The second-order valence-electron chi connectivity index (χ2n) is 7.07. The molecule has 1 aliphatic heterocycles. The molecule has 0 unspecified atom stereocenters. The van der Waals surface area contributed by atoms with Gasteiger partial charge in [-0.25, -0.2) is 0 Å². The van der Waals surface area contributed by atoms with E-state index in [0.29, 0.717) is 22.5 Å². The summed E-state index contributed by atoms with van der Waals surface area (Å²) >= 11 is 0. The molecule has 3 amide bonds. The molecule has 0 aromatic heterocycles. The third kappa shape index (κ3) is 3.81. The molecule has 0 atom stereocenters. The third-order valence-corrected chi connectivity index (χ3v) is 4.45. The number of carbonyl (C=O) groups is 3. The lowest BCUT2D eigenvalue weighted by atomic mass is 10.0. The van der Waals surface area contributed by atoms with E-state index in [2.05, 4.69) is 10.6 Å². The number of aryl methyl sites for hydroxylation is 1. The molecule has 0 saturated carbocycles. The van der Waals surface area contributed by atoms with Crippen LogP contribution >= 0.6 is 0 Å². The number of nitrogens with one attached hydrogen (secondary N) is 2. The Hall–Kier alpha value is -3.41. The van der Waals surface area contributed by atoms with Crippen LogP contribution in [-0.4, -0.2) is 28.7 Å². The van der Waals surface area contributed by atoms with Crippen molar-refractivity contribution in [2.45, 2.75) is 33.7 Å². The van der Waals surface area contributed by atoms with Crippen LogP contribution in [0, 0.1) is 6.92 Å². The van der Waals surface area contributed by atoms with Crippen LogP contribution in [0.15, 0.2) is 54.2 Å². The van der Waals surface area contributed by atoms with Gasteiger partial charge in [-0.2, -0.15) is 0 Å². The van der Waals surface area contributed by atoms with Crippen LogP contribution in [0.3, 0.4) is 0 Å². The third-order valence-electron chi connectivity index (χ3n) is 4.45. The molecule has 0 aliphatic carbocycles. The average molecular weight is 377 g/mol. The Kier molecular flexibility index (Phi) is 5.31. The van der Waals surface area contributed by atoms with Crippen LogP contribution in [0.4, 0.5) is 11.4 Å². The fraction of sp³-hybridized carbons (Fsp3) is 0.227. The van der Waals surface area contributed by atoms with Gasteiger partial charge in [0.2, 0.25) is 5.91 Å². The first kappa shape index (κ1) is 19.4. The summed E-state index contributed by atoms with van der Waals surface area (Å²) in [5.41, 5.74) is 3.71. The molecule has 0 saturated heterocycles. The van der Waals surface area contributed by atoms with Gasteiger partial charge in [-0.1, -0.05) is 29.8 Å². The highest BCUT2D eigenvalue weighted by Gasteiger charge is 2.40. The summed E-state index contributed by atoms with van der Waals surface area (Å²) in [7, 11) is 0. The van der Waals surface area contributed by atoms with Gasteiger partial charge in [0.25, 0.3) is 11.8 Å². The second kappa shape index (κ2) is 7.68. The number of amides is 3. The predicted octanol–water partition coefficient (Wildman–Crippen LogP) is 3.55. The van der Waals surface area contributed by atoms with Crippen LogP contribution in [0.2, 0.25) is 0 Å². The van der Waals surface area contributed by atoms with Crippen molar-refractivity contribution in [3.05, 3.63) is 65.4 Å². The van der Waals surface area contributed by atoms with Gasteiger partial charge in [0.05, 0.1) is 5.57 Å². The predicted molar refractivity (Wildman–Crippen MR) is 109 cm³/mol. The van der Waals surface area contributed by atoms with Gasteiger partial charge in [0.15, 0.2) is 0 Å². The highest BCUT2D eigenvalue weighted by molar-refractivity contribution is 6.36. The van der Waals surface area contributed by atoms with Gasteiger partial charge in [-0.05, 0) is 50.6 Å². The molecule has 6 nitrogen and oxygen atoms in total. The zero-order valence-electron chi connectivity index (χ0n) is 16.4. The molecule has 2 N–H and O–H groups in total. The molecule has 2 aromatic rings. The minimum atomic E-state index is -0.346. The maximum Gasteiger partial charge on any atom is 0.278 e. The van der Waals surface area contributed by atoms with E-state index in [0.717, 1.165) is 5.56 Å². The largest absolute Gasteiger partial charge is 0.350 e. The summed E-state index contributed by atoms with van der Waals surface area (Å²) in [5.74, 6) is -0.808. The van der Waals surface area contributed by atoms with Crippen molar-refractivity contribution in [2.24, 2.45) is 0 Å². The SMILES string of the molecule is CC(=O)Nc1ccc(NC2=C(c3ccc(C)cc3)C(=O)N(C(C)C)C2=O)cc1. The average Bonchev–Trinajstić information content (AvgIpc) is 2.87. The van der Waals surface area contributed by atoms with Crippen LogP contribution in [0.1, 0.15) is 31.9 Å². The highest BCUT2D eigenvalue weighted by atomic mass is 16.2. The normalized spacial score (nSPS) is 14.1. The number of benzene rings is 2. The first-order valence-corrected chi connectivity index (χ1v) is 9.12. The minimum absolute atomic E-state index is 0.158. The summed E-state index contributed by atoms with van der Waals surface area (Å²) in [6.45, 7) is 7.03. The highest BCUT2D eigenvalue weighted by Crippen LogP contribution is 2.32. The lowest BCUT2D eigenvalue weighted by Crippen LogP contribution is -2.38. The maximum atomic E-state index is 13.0. The quantitative estimate of drug-likeness (QED) is 0.781. The first-order chi connectivity index (χ1) is 13.3. The Labute approximate surface area is 164 Å². The Morgan fingerprint density at radius 2 is 1.46 bits per heavy atom. The Morgan fingerprint density at radius 1 is 0.893 bits per heavy atom. The van der Waals surface area contributed by atoms with Crippen molar-refractivity contribution in [2.75, 3.05) is 10.6 Å². The number of carbonyl (C=O) groups excluding carboxylic acids is 3. The second-order valence-corrected chi connectivity index (χ2v) is 7.07. The van der Waals surface area contributed by atoms with E-state index in [-0.39, 0.29) is 29.5 Å². The van der Waals surface area contributed by atoms with Gasteiger partial charge in [-0.3, -0.25) is 19.3 Å². The molecule has 0 radical (unpaired) electrons. The molecule has 6 heteroatoms. The lowest BCUT2D eigenvalue weighted by Gasteiger charge is -2.19. The summed E-state index contributed by atoms with van der Waals surface area (Å²) in [4.78, 5) is 38.4. The Balaban J connectivity index is 1.99. The fourth-order valence-electron chi connectivity index (χ4n) is 3.10. The lowest BCUT2D eigenvalue weighted by molar-refractivity contribution is -0.138. The molecule has 0 fully saturated rings. The molecule has 144 valence electrons. The standard InChI is InChI=1S/C22H23N3O3/c1-13(2)25-21(27)19(16-7-5-14(3)6-8-16)20(22(25)28)24-18-11-9-17(10-12-18)23-15(4)26/h5-13,24H,1-4H3,(H,23,26). The molecule has 28 heavy (non-hydrogen) atoms. The minimum Gasteiger partial charge on any atom is -0.350 e. The number of rotatable bonds is 5. The van der Waals surface area contributed by atoms with E-state index in [1.165, 1.54) is 11.8 Å². The van der Waals surface area contributed by atoms with E-state index in [1.807, 2.05) is 45.0 Å². The van der Waals surface area contributed by atoms with E-state index in [4.69, 9.17) is 0 Å². The number of anilines is 2. The monoisotopic (exact) mass is 377 g/mol. The summed E-state index contributed by atoms with van der Waals surface area (Å²) in [5, 5.41) is 5.80. The first-order valence-electron chi connectivity index (χ1n) is 9.12. The molecule has 1 aliphatic rings. The van der Waals surface area contributed by atoms with Crippen molar-refractivity contribution in [3.8, 4) is 0 Å². The number of nitrogens with zero attached hydrogens (tertiary/aromatic N) is 1. The summed E-state index contributed by atoms with van der Waals surface area (Å²) in [6, 6.07) is 14.2. The molecule has 0 bridgehead atoms. The zero-order chi connectivity index (χ0) is 20.4. The molecule has 0 spiro atoms. The maximum absolute atomic E-state index is 13.0. The molecular weight excluding hydrogens is 354 g/mol. The van der Waals surface area contributed by atoms with Crippen molar-refractivity contribution in [1.82, 2.24) is 4.90 Å². The van der Waals surface area contributed by atoms with Crippen molar-refractivity contribution in [3.63, 3.8) is 0 Å². The van der Waals surface area contributed by atoms with Crippen molar-refractivity contribution >= 4 is 34.7 Å². The van der Waals surface area contributed by atoms with Gasteiger partial charge >= 0.3 is 0 Å². The van der Waals surface area contributed by atoms with Crippen LogP contribution in [0.25, 0.3) is 5.57 Å². The van der Waals surface area contributed by atoms with E-state index in [1.54, 1.807) is 24.3 Å². The van der Waals surface area contributed by atoms with Gasteiger partial charge in [0.1, 0.15) is 5.70 Å². The Morgan fingerprint density at radius 3 is 2.00 bits per heavy atom. The molecular formula is C22H23N3O3. The Bertz CT molecular complexity index is 958. The van der Waals surface area contributed by atoms with Gasteiger partial charge in [0, 0.05) is 24.3 Å². The van der Waals surface area contributed by atoms with E-state index >= 15 is 0 Å². The van der Waals surface area contributed by atoms with Crippen molar-refractivity contribution in [1.29, 1.82) is 0 Å². The van der Waals surface area contributed by atoms with Crippen LogP contribution in [0.5, 0.6) is 0 Å². The molecule has 1 heterocycles. The van der Waals surface area contributed by atoms with Crippen LogP contribution < -0.4 is 10.6 Å². The zero-order valence-corrected chi connectivity index (χ0v) is 16.4. The summed E-state index contributed by atoms with van der Waals surface area (Å²) < 4.78 is 0. The van der Waals surface area contributed by atoms with Crippen molar-refractivity contribution < 1.29 is 14.4 Å². The van der Waals surface area contributed by atoms with Crippen LogP contribution in [-0.2, 0) is 14.4 Å². The van der Waals surface area contributed by atoms with Gasteiger partial charge < -0.3 is 10.6 Å². The number of imide groups is 1. The summed E-state index contributed by atoms with van der Waals surface area (Å²) in [6.07, 6.45) is 0. The molecule has 2 aromatic carbocycles. The van der Waals surface area contributed by atoms with E-state index in [9.17, 15) is 14.4 Å². The smallest absolute Gasteiger partial charge is 0.278 e. The van der Waals surface area contributed by atoms with E-state index < -0.39 is 0 Å². The topological polar surface area (TPSA) is 78.5 Å². The molecule has 3 rings (SSSR count). The van der Waals surface area contributed by atoms with Gasteiger partial charge in [-0.15, -0.1) is 0 Å².